The number of halogens is 2. The van der Waals surface area contributed by atoms with Crippen molar-refractivity contribution in [3.63, 3.8) is 0 Å². The van der Waals surface area contributed by atoms with Crippen LogP contribution >= 0.6 is 23.2 Å². The first-order valence-electron chi connectivity index (χ1n) is 14.4. The van der Waals surface area contributed by atoms with Crippen LogP contribution in [0, 0.1) is 35.5 Å². The Kier molecular flexibility index (Phi) is 7.68. The van der Waals surface area contributed by atoms with E-state index >= 15 is 0 Å². The van der Waals surface area contributed by atoms with Crippen molar-refractivity contribution in [2.75, 3.05) is 13.2 Å². The maximum atomic E-state index is 12.9. The fraction of sp³-hybridized carbons (Fsp3) is 0.594. The van der Waals surface area contributed by atoms with Gasteiger partial charge in [-0.15, -0.1) is 0 Å². The Balaban J connectivity index is 1.08. The molecule has 5 aliphatic rings. The second kappa shape index (κ2) is 11.0. The van der Waals surface area contributed by atoms with Gasteiger partial charge < -0.3 is 14.8 Å². The van der Waals surface area contributed by atoms with Crippen molar-refractivity contribution in [3.8, 4) is 5.75 Å². The topological polar surface area (TPSA) is 47.6 Å². The highest BCUT2D eigenvalue weighted by atomic mass is 35.5. The molecule has 3 atom stereocenters. The molecule has 0 unspecified atom stereocenters. The van der Waals surface area contributed by atoms with Crippen LogP contribution in [-0.2, 0) is 9.53 Å². The van der Waals surface area contributed by atoms with Crippen LogP contribution in [0.5, 0.6) is 5.75 Å². The highest BCUT2D eigenvalue weighted by Gasteiger charge is 2.48. The van der Waals surface area contributed by atoms with Gasteiger partial charge in [-0.2, -0.15) is 0 Å². The Bertz CT molecular complexity index is 1140. The third kappa shape index (κ3) is 5.46. The van der Waals surface area contributed by atoms with Crippen molar-refractivity contribution in [2.24, 2.45) is 35.5 Å². The molecule has 1 N–H and O–H groups in total. The summed E-state index contributed by atoms with van der Waals surface area (Å²) in [5.41, 5.74) is 2.28. The molecule has 7 rings (SSSR count). The van der Waals surface area contributed by atoms with E-state index in [0.717, 1.165) is 29.6 Å². The molecule has 4 aliphatic carbocycles. The van der Waals surface area contributed by atoms with Crippen molar-refractivity contribution in [1.29, 1.82) is 0 Å². The monoisotopic (exact) mass is 555 g/mol. The smallest absolute Gasteiger partial charge is 0.258 e. The molecular weight excluding hydrogens is 517 g/mol. The summed E-state index contributed by atoms with van der Waals surface area (Å²) in [6.45, 7) is 5.20. The third-order valence-electron chi connectivity index (χ3n) is 9.80. The lowest BCUT2D eigenvalue weighted by atomic mass is 9.54. The maximum Gasteiger partial charge on any atom is 0.258 e. The number of hydrogen-bond acceptors (Lipinski definition) is 3. The number of hydrogen-bond donors (Lipinski definition) is 1. The number of rotatable bonds is 7. The van der Waals surface area contributed by atoms with Crippen molar-refractivity contribution in [3.05, 3.63) is 63.6 Å². The predicted octanol–water partition coefficient (Wildman–Crippen LogP) is 7.83. The van der Waals surface area contributed by atoms with E-state index in [1.165, 1.54) is 37.7 Å². The average Bonchev–Trinajstić information content (AvgIpc) is 2.90. The minimum absolute atomic E-state index is 0.00585. The largest absolute Gasteiger partial charge is 0.484 e. The first-order valence-corrected chi connectivity index (χ1v) is 15.2. The fourth-order valence-electron chi connectivity index (χ4n) is 8.15. The molecule has 4 saturated carbocycles. The molecule has 0 radical (unpaired) electrons. The molecule has 38 heavy (non-hydrogen) atoms. The van der Waals surface area contributed by atoms with Crippen LogP contribution in [0.25, 0.3) is 0 Å². The standard InChI is InChI=1S/C32H39Cl2NO3/c1-18(2)27-14-25(21-6-7-28(33)29(34)15-21)16-38-32(27)22-4-3-5-26(13-22)37-17-30(36)35-31-23-9-19-8-20(11-23)12-24(31)10-19/h3-7,13,15,18-20,23-25,27,31-32H,8-12,14,16-17H2,1-2H3,(H,35,36)/t19?,20?,23?,24?,25-,27-,31?,32-/m0/s1. The van der Waals surface area contributed by atoms with Gasteiger partial charge in [0.05, 0.1) is 22.8 Å². The summed E-state index contributed by atoms with van der Waals surface area (Å²) in [6.07, 6.45) is 7.61. The van der Waals surface area contributed by atoms with Crippen molar-refractivity contribution < 1.29 is 14.3 Å². The SMILES string of the molecule is CC(C)[C@@H]1C[C@H](c2ccc(Cl)c(Cl)c2)CO[C@H]1c1cccc(OCC(=O)NC2C3CC4CC(C3)CC2C4)c1. The molecule has 204 valence electrons. The molecular formula is C32H39Cl2NO3. The van der Waals surface area contributed by atoms with Gasteiger partial charge in [0.15, 0.2) is 6.61 Å². The van der Waals surface area contributed by atoms with Crippen LogP contribution in [-0.4, -0.2) is 25.2 Å². The van der Waals surface area contributed by atoms with Crippen molar-refractivity contribution in [2.45, 2.75) is 70.4 Å². The zero-order valence-electron chi connectivity index (χ0n) is 22.4. The van der Waals surface area contributed by atoms with Crippen molar-refractivity contribution >= 4 is 29.1 Å². The van der Waals surface area contributed by atoms with E-state index in [-0.39, 0.29) is 24.5 Å². The summed E-state index contributed by atoms with van der Waals surface area (Å²) in [7, 11) is 0. The van der Waals surface area contributed by atoms with E-state index in [0.29, 0.717) is 46.4 Å². The molecule has 2 aromatic rings. The van der Waals surface area contributed by atoms with E-state index in [1.54, 1.807) is 0 Å². The number of ether oxygens (including phenoxy) is 2. The molecule has 4 nitrogen and oxygen atoms in total. The van der Waals surface area contributed by atoms with Gasteiger partial charge in [0.2, 0.25) is 0 Å². The van der Waals surface area contributed by atoms with E-state index in [9.17, 15) is 4.79 Å². The first kappa shape index (κ1) is 26.5. The van der Waals surface area contributed by atoms with Gasteiger partial charge in [0.25, 0.3) is 5.91 Å². The highest BCUT2D eigenvalue weighted by Crippen LogP contribution is 2.53. The molecule has 1 aliphatic heterocycles. The summed E-state index contributed by atoms with van der Waals surface area (Å²) >= 11 is 12.4. The van der Waals surface area contributed by atoms with Gasteiger partial charge in [0, 0.05) is 12.0 Å². The molecule has 6 heteroatoms. The normalized spacial score (nSPS) is 33.9. The van der Waals surface area contributed by atoms with Crippen LogP contribution in [0.2, 0.25) is 10.0 Å². The third-order valence-corrected chi connectivity index (χ3v) is 10.5. The summed E-state index contributed by atoms with van der Waals surface area (Å²) in [6, 6.07) is 14.3. The maximum absolute atomic E-state index is 12.9. The molecule has 4 bridgehead atoms. The summed E-state index contributed by atoms with van der Waals surface area (Å²) < 4.78 is 12.5. The van der Waals surface area contributed by atoms with Crippen LogP contribution < -0.4 is 10.1 Å². The number of carbonyl (C=O) groups excluding carboxylic acids is 1. The van der Waals surface area contributed by atoms with Crippen LogP contribution in [0.15, 0.2) is 42.5 Å². The van der Waals surface area contributed by atoms with Gasteiger partial charge in [0.1, 0.15) is 5.75 Å². The Hall–Kier alpha value is -1.75. The quantitative estimate of drug-likeness (QED) is 0.378. The van der Waals surface area contributed by atoms with Gasteiger partial charge >= 0.3 is 0 Å². The summed E-state index contributed by atoms with van der Waals surface area (Å²) in [5.74, 6) is 4.94. The second-order valence-corrected chi connectivity index (χ2v) is 13.5. The van der Waals surface area contributed by atoms with E-state index in [4.69, 9.17) is 32.7 Å². The van der Waals surface area contributed by atoms with E-state index < -0.39 is 0 Å². The Morgan fingerprint density at radius 2 is 1.68 bits per heavy atom. The molecule has 2 aromatic carbocycles. The van der Waals surface area contributed by atoms with Gasteiger partial charge in [-0.25, -0.2) is 0 Å². The first-order chi connectivity index (χ1) is 18.3. The minimum Gasteiger partial charge on any atom is -0.484 e. The molecule has 0 spiro atoms. The van der Waals surface area contributed by atoms with Gasteiger partial charge in [-0.05, 0) is 109 Å². The summed E-state index contributed by atoms with van der Waals surface area (Å²) in [5, 5.41) is 4.52. The zero-order chi connectivity index (χ0) is 26.4. The lowest BCUT2D eigenvalue weighted by Crippen LogP contribution is -2.56. The number of benzene rings is 2. The van der Waals surface area contributed by atoms with Gasteiger partial charge in [-0.3, -0.25) is 4.79 Å². The predicted molar refractivity (Wildman–Crippen MR) is 152 cm³/mol. The second-order valence-electron chi connectivity index (χ2n) is 12.7. The van der Waals surface area contributed by atoms with Crippen molar-refractivity contribution in [1.82, 2.24) is 5.32 Å². The molecule has 1 amide bonds. The number of nitrogens with one attached hydrogen (secondary N) is 1. The van der Waals surface area contributed by atoms with Gasteiger partial charge in [-0.1, -0.05) is 55.2 Å². The fourth-order valence-corrected chi connectivity index (χ4v) is 8.45. The average molecular weight is 557 g/mol. The molecule has 1 saturated heterocycles. The lowest BCUT2D eigenvalue weighted by molar-refractivity contribution is -0.127. The molecule has 1 heterocycles. The lowest BCUT2D eigenvalue weighted by Gasteiger charge is -2.54. The zero-order valence-corrected chi connectivity index (χ0v) is 23.9. The van der Waals surface area contributed by atoms with Crippen LogP contribution in [0.3, 0.4) is 0 Å². The number of amides is 1. The minimum atomic E-state index is -0.0144. The molecule has 0 aromatic heterocycles. The molecule has 5 fully saturated rings. The Morgan fingerprint density at radius 3 is 2.37 bits per heavy atom. The van der Waals surface area contributed by atoms with Crippen LogP contribution in [0.4, 0.5) is 0 Å². The Morgan fingerprint density at radius 1 is 0.947 bits per heavy atom. The Labute approximate surface area is 236 Å². The van der Waals surface area contributed by atoms with E-state index in [1.807, 2.05) is 24.3 Å². The summed E-state index contributed by atoms with van der Waals surface area (Å²) in [4.78, 5) is 12.9. The van der Waals surface area contributed by atoms with Crippen LogP contribution in [0.1, 0.15) is 75.5 Å². The highest BCUT2D eigenvalue weighted by molar-refractivity contribution is 6.42. The van der Waals surface area contributed by atoms with E-state index in [2.05, 4.69) is 37.4 Å². The number of carbonyl (C=O) groups is 1.